The number of carbonyl (C=O) groups is 1. The monoisotopic (exact) mass is 420 g/mol. The number of amides is 1. The van der Waals surface area contributed by atoms with Crippen LogP contribution in [0.3, 0.4) is 0 Å². The van der Waals surface area contributed by atoms with Gasteiger partial charge >= 0.3 is 0 Å². The molecule has 0 N–H and O–H groups in total. The number of aromatic nitrogens is 4. The second-order valence-corrected chi connectivity index (χ2v) is 7.61. The average molecular weight is 420 g/mol. The summed E-state index contributed by atoms with van der Waals surface area (Å²) in [5, 5.41) is 8.44. The van der Waals surface area contributed by atoms with Gasteiger partial charge in [0, 0.05) is 32.4 Å². The van der Waals surface area contributed by atoms with Crippen LogP contribution in [-0.2, 0) is 17.9 Å². The lowest BCUT2D eigenvalue weighted by Gasteiger charge is -2.35. The minimum Gasteiger partial charge on any atom is -0.497 e. The van der Waals surface area contributed by atoms with Crippen LogP contribution >= 0.6 is 0 Å². The van der Waals surface area contributed by atoms with Crippen LogP contribution in [0.4, 0.5) is 5.82 Å². The molecule has 9 heteroatoms. The van der Waals surface area contributed by atoms with E-state index < -0.39 is 0 Å². The highest BCUT2D eigenvalue weighted by molar-refractivity contribution is 5.93. The number of hydrogen-bond acceptors (Lipinski definition) is 7. The Balaban J connectivity index is 1.25. The Bertz CT molecular complexity index is 1040. The van der Waals surface area contributed by atoms with Crippen molar-refractivity contribution in [1.82, 2.24) is 24.9 Å². The molecule has 3 aromatic rings. The summed E-state index contributed by atoms with van der Waals surface area (Å²) in [5.74, 6) is 1.65. The molecule has 2 aliphatic heterocycles. The van der Waals surface area contributed by atoms with Crippen LogP contribution < -0.4 is 9.64 Å². The first kappa shape index (κ1) is 19.5. The molecule has 1 atom stereocenters. The predicted octanol–water partition coefficient (Wildman–Crippen LogP) is 1.92. The van der Waals surface area contributed by atoms with Crippen LogP contribution in [0.15, 0.2) is 48.7 Å². The molecule has 2 aliphatic rings. The summed E-state index contributed by atoms with van der Waals surface area (Å²) in [5.41, 5.74) is 2.17. The standard InChI is InChI=1S/C22H24N6O3/c1-30-17-7-5-16(6-8-17)19-14-28-18(15-31-19)21(24-25-28)22(29)27-12-10-26(11-13-27)20-4-2-3-9-23-20/h2-9,19H,10-15H2,1H3/t19-/m1/s1. The zero-order chi connectivity index (χ0) is 21.2. The molecule has 0 saturated carbocycles. The highest BCUT2D eigenvalue weighted by atomic mass is 16.5. The van der Waals surface area contributed by atoms with E-state index in [0.717, 1.165) is 35.9 Å². The Hall–Kier alpha value is -3.46. The van der Waals surface area contributed by atoms with Crippen LogP contribution in [0.2, 0.25) is 0 Å². The van der Waals surface area contributed by atoms with Crippen molar-refractivity contribution < 1.29 is 14.3 Å². The molecule has 0 aliphatic carbocycles. The van der Waals surface area contributed by atoms with Crippen molar-refractivity contribution in [1.29, 1.82) is 0 Å². The highest BCUT2D eigenvalue weighted by Gasteiger charge is 2.31. The second kappa shape index (κ2) is 8.35. The SMILES string of the molecule is COc1ccc([C@H]2Cn3nnc(C(=O)N4CCN(c5ccccn5)CC4)c3CO2)cc1. The van der Waals surface area contributed by atoms with Crippen molar-refractivity contribution in [3.05, 3.63) is 65.6 Å². The molecule has 160 valence electrons. The summed E-state index contributed by atoms with van der Waals surface area (Å²) in [6, 6.07) is 13.7. The molecule has 1 fully saturated rings. The number of benzene rings is 1. The van der Waals surface area contributed by atoms with Crippen molar-refractivity contribution in [3.63, 3.8) is 0 Å². The number of fused-ring (bicyclic) bond motifs is 1. The average Bonchev–Trinajstić information content (AvgIpc) is 3.27. The Morgan fingerprint density at radius 2 is 1.90 bits per heavy atom. The van der Waals surface area contributed by atoms with Gasteiger partial charge in [0.2, 0.25) is 0 Å². The minimum atomic E-state index is -0.134. The maximum absolute atomic E-state index is 13.1. The van der Waals surface area contributed by atoms with Gasteiger partial charge in [0.1, 0.15) is 17.7 Å². The molecule has 31 heavy (non-hydrogen) atoms. The third-order valence-electron chi connectivity index (χ3n) is 5.83. The van der Waals surface area contributed by atoms with Gasteiger partial charge in [0.25, 0.3) is 5.91 Å². The van der Waals surface area contributed by atoms with Gasteiger partial charge in [-0.15, -0.1) is 5.10 Å². The third kappa shape index (κ3) is 3.84. The van der Waals surface area contributed by atoms with Gasteiger partial charge < -0.3 is 19.3 Å². The largest absolute Gasteiger partial charge is 0.497 e. The zero-order valence-corrected chi connectivity index (χ0v) is 17.3. The molecule has 1 aromatic carbocycles. The van der Waals surface area contributed by atoms with Crippen LogP contribution in [-0.4, -0.2) is 64.1 Å². The summed E-state index contributed by atoms with van der Waals surface area (Å²) in [6.45, 7) is 3.55. The molecule has 0 bridgehead atoms. The lowest BCUT2D eigenvalue weighted by atomic mass is 10.1. The molecule has 1 saturated heterocycles. The van der Waals surface area contributed by atoms with Crippen LogP contribution in [0.25, 0.3) is 0 Å². The van der Waals surface area contributed by atoms with Gasteiger partial charge in [0.15, 0.2) is 5.69 Å². The fourth-order valence-electron chi connectivity index (χ4n) is 4.03. The summed E-state index contributed by atoms with van der Waals surface area (Å²) in [4.78, 5) is 21.5. The number of rotatable bonds is 4. The highest BCUT2D eigenvalue weighted by Crippen LogP contribution is 2.28. The first-order valence-corrected chi connectivity index (χ1v) is 10.4. The molecule has 4 heterocycles. The van der Waals surface area contributed by atoms with Crippen molar-refractivity contribution in [2.75, 3.05) is 38.2 Å². The van der Waals surface area contributed by atoms with Crippen molar-refractivity contribution in [3.8, 4) is 5.75 Å². The van der Waals surface area contributed by atoms with Gasteiger partial charge in [-0.2, -0.15) is 0 Å². The number of carbonyl (C=O) groups excluding carboxylic acids is 1. The molecular formula is C22H24N6O3. The van der Waals surface area contributed by atoms with Gasteiger partial charge in [-0.25, -0.2) is 9.67 Å². The summed E-state index contributed by atoms with van der Waals surface area (Å²) >= 11 is 0. The van der Waals surface area contributed by atoms with E-state index in [2.05, 4.69) is 20.2 Å². The number of pyridine rings is 1. The summed E-state index contributed by atoms with van der Waals surface area (Å²) in [7, 11) is 1.64. The quantitative estimate of drug-likeness (QED) is 0.637. The normalized spacial score (nSPS) is 18.5. The maximum atomic E-state index is 13.1. The van der Waals surface area contributed by atoms with Gasteiger partial charge in [-0.3, -0.25) is 4.79 Å². The summed E-state index contributed by atoms with van der Waals surface area (Å²) in [6.07, 6.45) is 1.65. The van der Waals surface area contributed by atoms with E-state index in [1.807, 2.05) is 47.4 Å². The number of piperazine rings is 1. The third-order valence-corrected chi connectivity index (χ3v) is 5.83. The molecule has 0 radical (unpaired) electrons. The van der Waals surface area contributed by atoms with E-state index in [1.54, 1.807) is 18.0 Å². The Morgan fingerprint density at radius 3 is 2.61 bits per heavy atom. The van der Waals surface area contributed by atoms with Gasteiger partial charge in [0.05, 0.1) is 26.0 Å². The van der Waals surface area contributed by atoms with E-state index in [1.165, 1.54) is 0 Å². The van der Waals surface area contributed by atoms with E-state index in [9.17, 15) is 4.79 Å². The van der Waals surface area contributed by atoms with Crippen LogP contribution in [0, 0.1) is 0 Å². The lowest BCUT2D eigenvalue weighted by molar-refractivity contribution is -0.00198. The number of anilines is 1. The van der Waals surface area contributed by atoms with Crippen molar-refractivity contribution in [2.24, 2.45) is 0 Å². The summed E-state index contributed by atoms with van der Waals surface area (Å²) < 4.78 is 13.0. The van der Waals surface area contributed by atoms with Gasteiger partial charge in [-0.05, 0) is 29.8 Å². The first-order valence-electron chi connectivity index (χ1n) is 10.4. The van der Waals surface area contributed by atoms with E-state index in [0.29, 0.717) is 31.9 Å². The van der Waals surface area contributed by atoms with E-state index in [-0.39, 0.29) is 12.0 Å². The fraction of sp³-hybridized carbons (Fsp3) is 0.364. The molecular weight excluding hydrogens is 396 g/mol. The zero-order valence-electron chi connectivity index (χ0n) is 17.3. The first-order chi connectivity index (χ1) is 15.2. The Morgan fingerprint density at radius 1 is 1.10 bits per heavy atom. The molecule has 0 spiro atoms. The predicted molar refractivity (Wildman–Crippen MR) is 113 cm³/mol. The number of nitrogens with zero attached hydrogens (tertiary/aromatic N) is 6. The molecule has 1 amide bonds. The number of methoxy groups -OCH3 is 1. The van der Waals surface area contributed by atoms with Crippen LogP contribution in [0.1, 0.15) is 27.8 Å². The molecule has 5 rings (SSSR count). The molecule has 2 aromatic heterocycles. The van der Waals surface area contributed by atoms with Crippen molar-refractivity contribution >= 4 is 11.7 Å². The van der Waals surface area contributed by atoms with Crippen LogP contribution in [0.5, 0.6) is 5.75 Å². The topological polar surface area (TPSA) is 85.6 Å². The smallest absolute Gasteiger partial charge is 0.276 e. The number of hydrogen-bond donors (Lipinski definition) is 0. The fourth-order valence-corrected chi connectivity index (χ4v) is 4.03. The Kier molecular flexibility index (Phi) is 5.25. The minimum absolute atomic E-state index is 0.0894. The number of ether oxygens (including phenoxy) is 2. The Labute approximate surface area is 180 Å². The van der Waals surface area contributed by atoms with E-state index >= 15 is 0 Å². The second-order valence-electron chi connectivity index (χ2n) is 7.61. The van der Waals surface area contributed by atoms with Crippen molar-refractivity contribution in [2.45, 2.75) is 19.3 Å². The molecule has 0 unspecified atom stereocenters. The van der Waals surface area contributed by atoms with Gasteiger partial charge in [-0.1, -0.05) is 23.4 Å². The maximum Gasteiger partial charge on any atom is 0.276 e. The lowest BCUT2D eigenvalue weighted by Crippen LogP contribution is -2.49. The molecule has 9 nitrogen and oxygen atoms in total. The van der Waals surface area contributed by atoms with E-state index in [4.69, 9.17) is 9.47 Å².